The fraction of sp³-hybridized carbons (Fsp3) is 0.143. The van der Waals surface area contributed by atoms with Crippen LogP contribution in [0.2, 0.25) is 0 Å². The molecule has 0 aliphatic rings. The molecular weight excluding hydrogens is 242 g/mol. The van der Waals surface area contributed by atoms with Crippen LogP contribution in [-0.4, -0.2) is 16.0 Å². The van der Waals surface area contributed by atoms with E-state index in [4.69, 9.17) is 0 Å². The zero-order valence-electron chi connectivity index (χ0n) is 10.8. The van der Waals surface area contributed by atoms with E-state index in [1.807, 2.05) is 18.2 Å². The first-order valence-corrected chi connectivity index (χ1v) is 5.86. The summed E-state index contributed by atoms with van der Waals surface area (Å²) in [5.41, 5.74) is 1.93. The molecule has 0 fully saturated rings. The Balaban J connectivity index is 2.24. The molecule has 1 heterocycles. The zero-order valence-corrected chi connectivity index (χ0v) is 10.8. The number of amides is 2. The number of hydrogen-bond acceptors (Lipinski definition) is 2. The molecule has 0 aliphatic heterocycles. The Morgan fingerprint density at radius 2 is 1.74 bits per heavy atom. The normalized spacial score (nSPS) is 10.0. The second-order valence-electron chi connectivity index (χ2n) is 4.22. The molecule has 0 saturated carbocycles. The van der Waals surface area contributed by atoms with E-state index in [-0.39, 0.29) is 0 Å². The molecular formula is C14H15N3O2. The van der Waals surface area contributed by atoms with E-state index < -0.39 is 6.03 Å². The minimum atomic E-state index is -0.444. The van der Waals surface area contributed by atoms with E-state index in [1.165, 1.54) is 0 Å². The predicted molar refractivity (Wildman–Crippen MR) is 72.1 cm³/mol. The molecule has 5 heteroatoms. The first kappa shape index (κ1) is 12.9. The van der Waals surface area contributed by atoms with E-state index >= 15 is 0 Å². The molecule has 0 unspecified atom stereocenters. The number of aryl methyl sites for hydroxylation is 2. The van der Waals surface area contributed by atoms with Gasteiger partial charge in [-0.2, -0.15) is 9.72 Å². The number of carbonyl (C=O) groups excluding carboxylic acids is 1. The smallest absolute Gasteiger partial charge is 0.345 e. The van der Waals surface area contributed by atoms with Crippen LogP contribution >= 0.6 is 0 Å². The van der Waals surface area contributed by atoms with Crippen LogP contribution in [0, 0.1) is 13.8 Å². The molecule has 98 valence electrons. The summed E-state index contributed by atoms with van der Waals surface area (Å²) >= 11 is 0. The van der Waals surface area contributed by atoms with Crippen molar-refractivity contribution in [1.29, 1.82) is 0 Å². The number of nitrogens with zero attached hydrogens (tertiary/aromatic N) is 2. The number of nitrogens with one attached hydrogen (secondary N) is 1. The quantitative estimate of drug-likeness (QED) is 0.771. The summed E-state index contributed by atoms with van der Waals surface area (Å²) in [6, 6.07) is 11.9. The minimum absolute atomic E-state index is 0.444. The van der Waals surface area contributed by atoms with Crippen molar-refractivity contribution in [2.75, 3.05) is 5.32 Å². The standard InChI is InChI=1S/C14H15N3O2/c1-10-8-13(9-11(2)17(10)19)16-14(18)15-12-6-4-3-5-7-12/h3-9,19H,1-2H3,(H,15,18). The van der Waals surface area contributed by atoms with Crippen LogP contribution < -0.4 is 10.7 Å². The number of rotatable bonds is 1. The fourth-order valence-corrected chi connectivity index (χ4v) is 1.72. The summed E-state index contributed by atoms with van der Waals surface area (Å²) in [6.45, 7) is 3.47. The zero-order chi connectivity index (χ0) is 13.8. The molecule has 0 spiro atoms. The Morgan fingerprint density at radius 3 is 2.32 bits per heavy atom. The van der Waals surface area contributed by atoms with Crippen LogP contribution in [0.4, 0.5) is 10.5 Å². The van der Waals surface area contributed by atoms with Gasteiger partial charge in [0.2, 0.25) is 0 Å². The van der Waals surface area contributed by atoms with Gasteiger partial charge >= 0.3 is 6.03 Å². The van der Waals surface area contributed by atoms with Gasteiger partial charge in [0.05, 0.1) is 16.7 Å². The molecule has 1 aromatic carbocycles. The maximum absolute atomic E-state index is 11.7. The van der Waals surface area contributed by atoms with E-state index in [9.17, 15) is 10.0 Å². The maximum atomic E-state index is 11.7. The van der Waals surface area contributed by atoms with Crippen LogP contribution in [0.1, 0.15) is 11.4 Å². The van der Waals surface area contributed by atoms with Gasteiger partial charge in [0.25, 0.3) is 0 Å². The van der Waals surface area contributed by atoms with Crippen molar-refractivity contribution in [2.24, 2.45) is 4.99 Å². The number of anilines is 1. The predicted octanol–water partition coefficient (Wildman–Crippen LogP) is 2.48. The van der Waals surface area contributed by atoms with Crippen LogP contribution in [0.25, 0.3) is 0 Å². The van der Waals surface area contributed by atoms with Gasteiger partial charge in [-0.3, -0.25) is 0 Å². The number of carbonyl (C=O) groups is 1. The van der Waals surface area contributed by atoms with Crippen LogP contribution in [0.3, 0.4) is 0 Å². The Labute approximate surface area is 110 Å². The van der Waals surface area contributed by atoms with E-state index in [0.29, 0.717) is 22.4 Å². The highest BCUT2D eigenvalue weighted by atomic mass is 16.5. The summed E-state index contributed by atoms with van der Waals surface area (Å²) in [5.74, 6) is 0. The van der Waals surface area contributed by atoms with Gasteiger partial charge < -0.3 is 10.5 Å². The Kier molecular flexibility index (Phi) is 3.66. The monoisotopic (exact) mass is 257 g/mol. The average molecular weight is 257 g/mol. The lowest BCUT2D eigenvalue weighted by atomic mass is 10.3. The Bertz CT molecular complexity index is 634. The average Bonchev–Trinajstić information content (AvgIpc) is 2.37. The van der Waals surface area contributed by atoms with Crippen molar-refractivity contribution in [1.82, 2.24) is 4.73 Å². The van der Waals surface area contributed by atoms with Crippen LogP contribution in [-0.2, 0) is 0 Å². The molecule has 1 aromatic heterocycles. The molecule has 5 nitrogen and oxygen atoms in total. The topological polar surface area (TPSA) is 66.6 Å². The lowest BCUT2D eigenvalue weighted by Crippen LogP contribution is -2.16. The number of benzene rings is 1. The van der Waals surface area contributed by atoms with Crippen molar-refractivity contribution in [3.8, 4) is 0 Å². The number of hydrogen-bond donors (Lipinski definition) is 2. The Hall–Kier alpha value is -2.56. The lowest BCUT2D eigenvalue weighted by Gasteiger charge is -2.06. The van der Waals surface area contributed by atoms with Gasteiger partial charge in [0.15, 0.2) is 0 Å². The molecule has 19 heavy (non-hydrogen) atoms. The van der Waals surface area contributed by atoms with Gasteiger partial charge in [-0.15, -0.1) is 0 Å². The minimum Gasteiger partial charge on any atom is -0.428 e. The van der Waals surface area contributed by atoms with Crippen molar-refractivity contribution in [3.05, 3.63) is 59.2 Å². The molecule has 0 atom stereocenters. The number of para-hydroxylation sites is 1. The van der Waals surface area contributed by atoms with E-state index in [1.54, 1.807) is 38.1 Å². The van der Waals surface area contributed by atoms with Gasteiger partial charge in [-0.05, 0) is 38.1 Å². The van der Waals surface area contributed by atoms with Gasteiger partial charge in [0.1, 0.15) is 0 Å². The third kappa shape index (κ3) is 3.22. The first-order chi connectivity index (χ1) is 9.06. The third-order valence-electron chi connectivity index (χ3n) is 2.64. The highest BCUT2D eigenvalue weighted by Gasteiger charge is 2.01. The molecule has 0 radical (unpaired) electrons. The fourth-order valence-electron chi connectivity index (χ4n) is 1.72. The number of aromatic nitrogens is 1. The molecule has 0 saturated heterocycles. The van der Waals surface area contributed by atoms with Crippen molar-refractivity contribution in [2.45, 2.75) is 13.8 Å². The molecule has 0 aliphatic carbocycles. The van der Waals surface area contributed by atoms with Gasteiger partial charge in [-0.1, -0.05) is 18.2 Å². The summed E-state index contributed by atoms with van der Waals surface area (Å²) in [6.07, 6.45) is 0. The SMILES string of the molecule is Cc1cc(=NC(=O)Nc2ccccc2)cc(C)n1O. The van der Waals surface area contributed by atoms with E-state index in [0.717, 1.165) is 4.73 Å². The highest BCUT2D eigenvalue weighted by molar-refractivity contribution is 5.89. The highest BCUT2D eigenvalue weighted by Crippen LogP contribution is 2.05. The number of urea groups is 1. The second kappa shape index (κ2) is 5.39. The van der Waals surface area contributed by atoms with Crippen LogP contribution in [0.5, 0.6) is 0 Å². The second-order valence-corrected chi connectivity index (χ2v) is 4.22. The summed E-state index contributed by atoms with van der Waals surface area (Å²) in [5, 5.41) is 12.8. The maximum Gasteiger partial charge on any atom is 0.345 e. The van der Waals surface area contributed by atoms with Crippen molar-refractivity contribution in [3.63, 3.8) is 0 Å². The number of pyridine rings is 1. The van der Waals surface area contributed by atoms with E-state index in [2.05, 4.69) is 10.3 Å². The summed E-state index contributed by atoms with van der Waals surface area (Å²) in [4.78, 5) is 15.7. The summed E-state index contributed by atoms with van der Waals surface area (Å²) < 4.78 is 1.05. The third-order valence-corrected chi connectivity index (χ3v) is 2.64. The molecule has 2 N–H and O–H groups in total. The van der Waals surface area contributed by atoms with Crippen LogP contribution in [0.15, 0.2) is 47.5 Å². The molecule has 2 rings (SSSR count). The lowest BCUT2D eigenvalue weighted by molar-refractivity contribution is 0.170. The van der Waals surface area contributed by atoms with Gasteiger partial charge in [-0.25, -0.2) is 4.79 Å². The first-order valence-electron chi connectivity index (χ1n) is 5.86. The van der Waals surface area contributed by atoms with Gasteiger partial charge in [0, 0.05) is 5.69 Å². The molecule has 2 aromatic rings. The molecule has 0 bridgehead atoms. The Morgan fingerprint density at radius 1 is 1.16 bits per heavy atom. The summed E-state index contributed by atoms with van der Waals surface area (Å²) in [7, 11) is 0. The molecule has 2 amide bonds. The largest absolute Gasteiger partial charge is 0.428 e. The van der Waals surface area contributed by atoms with Crippen molar-refractivity contribution >= 4 is 11.7 Å². The van der Waals surface area contributed by atoms with Crippen molar-refractivity contribution < 1.29 is 10.0 Å².